The minimum absolute atomic E-state index is 0.696. The van der Waals surface area contributed by atoms with Crippen LogP contribution < -0.4 is 0 Å². The van der Waals surface area contributed by atoms with Crippen molar-refractivity contribution in [3.05, 3.63) is 0 Å². The number of unbranched alkanes of at least 4 members (excludes halogenated alkanes) is 3. The molecule has 0 aromatic rings. The first-order valence-electron chi connectivity index (χ1n) is 5.40. The first-order valence-corrected chi connectivity index (χ1v) is 8.59. The van der Waals surface area contributed by atoms with Gasteiger partial charge in [-0.1, -0.05) is 76.4 Å². The summed E-state index contributed by atoms with van der Waals surface area (Å²) in [4.78, 5) is 0.696. The second-order valence-electron chi connectivity index (χ2n) is 3.94. The molecule has 0 aliphatic heterocycles. The van der Waals surface area contributed by atoms with Gasteiger partial charge in [-0.25, -0.2) is 0 Å². The molecule has 0 heterocycles. The molecule has 0 bridgehead atoms. The molecule has 2 atom stereocenters. The van der Waals surface area contributed by atoms with E-state index in [2.05, 4.69) is 38.8 Å². The standard InChI is InChI=1S/C10H22Br2Si/c1-2-3-4-5-6-10(13)7-9(12)8-11/h9-10H,2-8H2,1,13H3. The summed E-state index contributed by atoms with van der Waals surface area (Å²) in [6.07, 6.45) is 8.49. The van der Waals surface area contributed by atoms with Gasteiger partial charge in [0, 0.05) is 20.4 Å². The third-order valence-corrected chi connectivity index (χ3v) is 5.77. The summed E-state index contributed by atoms with van der Waals surface area (Å²) in [6, 6.07) is 0. The van der Waals surface area contributed by atoms with E-state index in [4.69, 9.17) is 0 Å². The predicted octanol–water partition coefficient (Wildman–Crippen LogP) is 3.66. The Labute approximate surface area is 103 Å². The second-order valence-corrected chi connectivity index (χ2v) is 7.52. The summed E-state index contributed by atoms with van der Waals surface area (Å²) in [5.41, 5.74) is 1.01. The molecule has 13 heavy (non-hydrogen) atoms. The summed E-state index contributed by atoms with van der Waals surface area (Å²) in [6.45, 7) is 2.28. The largest absolute Gasteiger partial charge is 0.0916 e. The van der Waals surface area contributed by atoms with E-state index in [1.54, 1.807) is 0 Å². The number of alkyl halides is 2. The van der Waals surface area contributed by atoms with Crippen molar-refractivity contribution in [3.8, 4) is 0 Å². The average molecular weight is 330 g/mol. The zero-order valence-electron chi connectivity index (χ0n) is 8.86. The Hall–Kier alpha value is 1.18. The molecular formula is C10H22Br2Si. The summed E-state index contributed by atoms with van der Waals surface area (Å²) in [5, 5.41) is 1.10. The van der Waals surface area contributed by atoms with Crippen LogP contribution in [0.1, 0.15) is 45.4 Å². The third kappa shape index (κ3) is 9.48. The highest BCUT2D eigenvalue weighted by atomic mass is 79.9. The van der Waals surface area contributed by atoms with Gasteiger partial charge in [0.05, 0.1) is 0 Å². The Bertz CT molecular complexity index is 109. The molecule has 0 saturated heterocycles. The van der Waals surface area contributed by atoms with Crippen molar-refractivity contribution in [2.75, 3.05) is 5.33 Å². The van der Waals surface area contributed by atoms with Crippen LogP contribution >= 0.6 is 31.9 Å². The average Bonchev–Trinajstić information content (AvgIpc) is 2.12. The lowest BCUT2D eigenvalue weighted by Gasteiger charge is -2.13. The number of rotatable bonds is 8. The summed E-state index contributed by atoms with van der Waals surface area (Å²) in [7, 11) is 1.36. The second kappa shape index (κ2) is 9.72. The fourth-order valence-corrected chi connectivity index (χ4v) is 4.11. The molecule has 80 valence electrons. The van der Waals surface area contributed by atoms with Crippen LogP contribution in [0.2, 0.25) is 5.54 Å². The fourth-order valence-electron chi connectivity index (χ4n) is 1.54. The van der Waals surface area contributed by atoms with Gasteiger partial charge in [-0.15, -0.1) is 0 Å². The Balaban J connectivity index is 3.24. The van der Waals surface area contributed by atoms with Crippen LogP contribution in [0.25, 0.3) is 0 Å². The van der Waals surface area contributed by atoms with Gasteiger partial charge in [0.2, 0.25) is 0 Å². The maximum Gasteiger partial charge on any atom is 0.0242 e. The van der Waals surface area contributed by atoms with Crippen molar-refractivity contribution in [3.63, 3.8) is 0 Å². The molecule has 0 amide bonds. The molecule has 0 aliphatic carbocycles. The maximum absolute atomic E-state index is 3.68. The fraction of sp³-hybridized carbons (Fsp3) is 1.00. The Morgan fingerprint density at radius 2 is 1.92 bits per heavy atom. The van der Waals surface area contributed by atoms with Gasteiger partial charge in [-0.2, -0.15) is 0 Å². The van der Waals surface area contributed by atoms with Crippen molar-refractivity contribution >= 4 is 42.1 Å². The molecule has 0 saturated carbocycles. The van der Waals surface area contributed by atoms with Crippen LogP contribution in [0.3, 0.4) is 0 Å². The van der Waals surface area contributed by atoms with Crippen LogP contribution in [-0.4, -0.2) is 20.4 Å². The van der Waals surface area contributed by atoms with Crippen molar-refractivity contribution in [2.45, 2.75) is 55.8 Å². The molecule has 0 radical (unpaired) electrons. The van der Waals surface area contributed by atoms with E-state index in [1.807, 2.05) is 0 Å². The van der Waals surface area contributed by atoms with E-state index in [-0.39, 0.29) is 0 Å². The molecule has 0 rings (SSSR count). The predicted molar refractivity (Wildman–Crippen MR) is 73.6 cm³/mol. The molecule has 0 fully saturated rings. The molecule has 2 unspecified atom stereocenters. The van der Waals surface area contributed by atoms with E-state index in [0.29, 0.717) is 4.83 Å². The third-order valence-electron chi connectivity index (χ3n) is 2.38. The Kier molecular flexibility index (Phi) is 10.6. The Morgan fingerprint density at radius 3 is 2.46 bits per heavy atom. The molecule has 0 aromatic carbocycles. The highest BCUT2D eigenvalue weighted by Crippen LogP contribution is 2.22. The van der Waals surface area contributed by atoms with Crippen LogP contribution in [0.15, 0.2) is 0 Å². The van der Waals surface area contributed by atoms with E-state index in [0.717, 1.165) is 10.9 Å². The quantitative estimate of drug-likeness (QED) is 0.362. The van der Waals surface area contributed by atoms with Crippen molar-refractivity contribution in [1.82, 2.24) is 0 Å². The smallest absolute Gasteiger partial charge is 0.0242 e. The first-order chi connectivity index (χ1) is 6.20. The van der Waals surface area contributed by atoms with Crippen molar-refractivity contribution < 1.29 is 0 Å². The minimum atomic E-state index is 0.696. The highest BCUT2D eigenvalue weighted by Gasteiger charge is 2.08. The number of hydrogen-bond acceptors (Lipinski definition) is 0. The summed E-state index contributed by atoms with van der Waals surface area (Å²) in [5.74, 6) is 0. The SMILES string of the molecule is CCCCCCC([SiH3])CC(Br)CBr. The zero-order chi connectivity index (χ0) is 10.1. The van der Waals surface area contributed by atoms with Gasteiger partial charge >= 0.3 is 0 Å². The van der Waals surface area contributed by atoms with Gasteiger partial charge in [0.15, 0.2) is 0 Å². The van der Waals surface area contributed by atoms with Crippen molar-refractivity contribution in [1.29, 1.82) is 0 Å². The van der Waals surface area contributed by atoms with Crippen LogP contribution in [0, 0.1) is 0 Å². The van der Waals surface area contributed by atoms with Gasteiger partial charge in [0.25, 0.3) is 0 Å². The zero-order valence-corrected chi connectivity index (χ0v) is 14.0. The van der Waals surface area contributed by atoms with Crippen LogP contribution in [0.5, 0.6) is 0 Å². The topological polar surface area (TPSA) is 0 Å². The van der Waals surface area contributed by atoms with Crippen LogP contribution in [-0.2, 0) is 0 Å². The van der Waals surface area contributed by atoms with Gasteiger partial charge in [0.1, 0.15) is 0 Å². The van der Waals surface area contributed by atoms with E-state index in [1.165, 1.54) is 48.8 Å². The Morgan fingerprint density at radius 1 is 1.23 bits per heavy atom. The monoisotopic (exact) mass is 328 g/mol. The van der Waals surface area contributed by atoms with E-state index in [9.17, 15) is 0 Å². The van der Waals surface area contributed by atoms with Gasteiger partial charge < -0.3 is 0 Å². The maximum atomic E-state index is 3.68. The van der Waals surface area contributed by atoms with Crippen LogP contribution in [0.4, 0.5) is 0 Å². The van der Waals surface area contributed by atoms with Gasteiger partial charge in [-0.3, -0.25) is 0 Å². The molecule has 0 nitrogen and oxygen atoms in total. The molecule has 0 spiro atoms. The molecule has 0 N–H and O–H groups in total. The van der Waals surface area contributed by atoms with E-state index >= 15 is 0 Å². The summed E-state index contributed by atoms with van der Waals surface area (Å²) >= 11 is 7.18. The lowest BCUT2D eigenvalue weighted by atomic mass is 10.1. The lowest BCUT2D eigenvalue weighted by Crippen LogP contribution is -2.05. The van der Waals surface area contributed by atoms with Crippen molar-refractivity contribution in [2.24, 2.45) is 0 Å². The molecular weight excluding hydrogens is 308 g/mol. The summed E-state index contributed by atoms with van der Waals surface area (Å²) < 4.78 is 0. The minimum Gasteiger partial charge on any atom is -0.0916 e. The number of hydrogen-bond donors (Lipinski definition) is 0. The lowest BCUT2D eigenvalue weighted by molar-refractivity contribution is 0.591. The number of halogens is 2. The van der Waals surface area contributed by atoms with Gasteiger partial charge in [-0.05, 0) is 6.42 Å². The van der Waals surface area contributed by atoms with E-state index < -0.39 is 0 Å². The molecule has 3 heteroatoms. The molecule has 0 aromatic heterocycles. The normalized spacial score (nSPS) is 15.9. The molecule has 0 aliphatic rings. The highest BCUT2D eigenvalue weighted by molar-refractivity contribution is 9.12. The first kappa shape index (κ1) is 14.2.